The molecule has 1 unspecified atom stereocenters. The molecule has 0 aromatic carbocycles. The first kappa shape index (κ1) is 10.8. The Balaban J connectivity index is 2.84. The van der Waals surface area contributed by atoms with Gasteiger partial charge in [0.1, 0.15) is 0 Å². The first-order chi connectivity index (χ1) is 6.69. The summed E-state index contributed by atoms with van der Waals surface area (Å²) < 4.78 is 29.7. The van der Waals surface area contributed by atoms with E-state index in [1.165, 1.54) is 13.3 Å². The van der Waals surface area contributed by atoms with Crippen LogP contribution in [0.15, 0.2) is 18.3 Å². The molecule has 0 bridgehead atoms. The molecule has 2 N–H and O–H groups in total. The van der Waals surface area contributed by atoms with E-state index in [1.54, 1.807) is 12.1 Å². The van der Waals surface area contributed by atoms with E-state index in [1.807, 2.05) is 0 Å². The van der Waals surface area contributed by atoms with Gasteiger partial charge >= 0.3 is 0 Å². The maximum atomic E-state index is 12.4. The minimum absolute atomic E-state index is 0.0916. The maximum Gasteiger partial charge on any atom is 0.246 e. The van der Waals surface area contributed by atoms with Gasteiger partial charge in [0.15, 0.2) is 0 Å². The average molecular weight is 202 g/mol. The van der Waals surface area contributed by atoms with E-state index in [2.05, 4.69) is 4.98 Å². The standard InChI is InChI=1S/C9H12F2N2O/c1-14-8-3-2-6(5-13-8)7(4-12)9(10)11/h2-3,5,7,9H,4,12H2,1H3. The number of nitrogens with two attached hydrogens (primary N) is 1. The largest absolute Gasteiger partial charge is 0.481 e. The highest BCUT2D eigenvalue weighted by molar-refractivity contribution is 5.22. The number of nitrogens with zero attached hydrogens (tertiary/aromatic N) is 1. The Bertz CT molecular complexity index is 277. The number of pyridine rings is 1. The highest BCUT2D eigenvalue weighted by Crippen LogP contribution is 2.22. The lowest BCUT2D eigenvalue weighted by molar-refractivity contribution is 0.117. The second kappa shape index (κ2) is 4.85. The highest BCUT2D eigenvalue weighted by Gasteiger charge is 2.20. The van der Waals surface area contributed by atoms with Crippen molar-refractivity contribution in [3.63, 3.8) is 0 Å². The lowest BCUT2D eigenvalue weighted by Gasteiger charge is -2.13. The second-order valence-corrected chi connectivity index (χ2v) is 2.81. The molecular formula is C9H12F2N2O. The molecule has 1 atom stereocenters. The van der Waals surface area contributed by atoms with Gasteiger partial charge in [-0.05, 0) is 5.56 Å². The van der Waals surface area contributed by atoms with Crippen LogP contribution in [0.2, 0.25) is 0 Å². The van der Waals surface area contributed by atoms with Gasteiger partial charge in [0.05, 0.1) is 13.0 Å². The van der Waals surface area contributed by atoms with Gasteiger partial charge in [-0.15, -0.1) is 0 Å². The fourth-order valence-electron chi connectivity index (χ4n) is 1.12. The SMILES string of the molecule is COc1ccc(C(CN)C(F)F)cn1. The van der Waals surface area contributed by atoms with E-state index in [0.717, 1.165) is 0 Å². The van der Waals surface area contributed by atoms with Gasteiger partial charge in [-0.1, -0.05) is 6.07 Å². The molecule has 78 valence electrons. The molecule has 0 aliphatic rings. The van der Waals surface area contributed by atoms with E-state index in [9.17, 15) is 8.78 Å². The van der Waals surface area contributed by atoms with Crippen LogP contribution in [-0.2, 0) is 0 Å². The van der Waals surface area contributed by atoms with Crippen LogP contribution in [0.5, 0.6) is 5.88 Å². The number of aromatic nitrogens is 1. The molecule has 3 nitrogen and oxygen atoms in total. The van der Waals surface area contributed by atoms with Crippen LogP contribution >= 0.6 is 0 Å². The predicted octanol–water partition coefficient (Wildman–Crippen LogP) is 1.40. The quantitative estimate of drug-likeness (QED) is 0.802. The molecule has 0 fully saturated rings. The molecule has 0 spiro atoms. The fourth-order valence-corrected chi connectivity index (χ4v) is 1.12. The molecule has 1 aromatic heterocycles. The van der Waals surface area contributed by atoms with Gasteiger partial charge in [-0.3, -0.25) is 0 Å². The summed E-state index contributed by atoms with van der Waals surface area (Å²) in [6, 6.07) is 3.09. The maximum absolute atomic E-state index is 12.4. The molecule has 0 saturated heterocycles. The van der Waals surface area contributed by atoms with Crippen molar-refractivity contribution in [1.29, 1.82) is 0 Å². The molecule has 1 aromatic rings. The minimum Gasteiger partial charge on any atom is -0.481 e. The van der Waals surface area contributed by atoms with Crippen LogP contribution < -0.4 is 10.5 Å². The van der Waals surface area contributed by atoms with Gasteiger partial charge < -0.3 is 10.5 Å². The Morgan fingerprint density at radius 1 is 1.50 bits per heavy atom. The second-order valence-electron chi connectivity index (χ2n) is 2.81. The number of methoxy groups -OCH3 is 1. The van der Waals surface area contributed by atoms with E-state index in [0.29, 0.717) is 11.4 Å². The molecule has 0 aliphatic heterocycles. The highest BCUT2D eigenvalue weighted by atomic mass is 19.3. The minimum atomic E-state index is -2.46. The Morgan fingerprint density at radius 3 is 2.57 bits per heavy atom. The molecule has 14 heavy (non-hydrogen) atoms. The molecule has 0 saturated carbocycles. The Hall–Kier alpha value is -1.23. The topological polar surface area (TPSA) is 48.1 Å². The van der Waals surface area contributed by atoms with Crippen molar-refractivity contribution in [2.24, 2.45) is 5.73 Å². The zero-order chi connectivity index (χ0) is 10.6. The third-order valence-corrected chi connectivity index (χ3v) is 1.95. The van der Waals surface area contributed by atoms with Gasteiger partial charge in [-0.2, -0.15) is 0 Å². The first-order valence-electron chi connectivity index (χ1n) is 4.17. The Morgan fingerprint density at radius 2 is 2.21 bits per heavy atom. The summed E-state index contributed by atoms with van der Waals surface area (Å²) in [6.07, 6.45) is -1.10. The van der Waals surface area contributed by atoms with Crippen molar-refractivity contribution in [1.82, 2.24) is 4.98 Å². The van der Waals surface area contributed by atoms with E-state index in [4.69, 9.17) is 10.5 Å². The average Bonchev–Trinajstić information content (AvgIpc) is 2.19. The van der Waals surface area contributed by atoms with Crippen LogP contribution in [0, 0.1) is 0 Å². The predicted molar refractivity (Wildman–Crippen MR) is 48.6 cm³/mol. The van der Waals surface area contributed by atoms with Gasteiger partial charge in [0, 0.05) is 18.8 Å². The van der Waals surface area contributed by atoms with Gasteiger partial charge in [0.2, 0.25) is 12.3 Å². The van der Waals surface area contributed by atoms with E-state index in [-0.39, 0.29) is 6.54 Å². The van der Waals surface area contributed by atoms with Crippen molar-refractivity contribution in [2.75, 3.05) is 13.7 Å². The zero-order valence-electron chi connectivity index (χ0n) is 7.78. The summed E-state index contributed by atoms with van der Waals surface area (Å²) in [5.41, 5.74) is 5.67. The van der Waals surface area contributed by atoms with E-state index >= 15 is 0 Å². The summed E-state index contributed by atoms with van der Waals surface area (Å²) in [5.74, 6) is -0.549. The first-order valence-corrected chi connectivity index (χ1v) is 4.17. The normalized spacial score (nSPS) is 12.9. The number of ether oxygens (including phenoxy) is 1. The van der Waals surface area contributed by atoms with Crippen molar-refractivity contribution in [2.45, 2.75) is 12.3 Å². The zero-order valence-corrected chi connectivity index (χ0v) is 7.78. The third kappa shape index (κ3) is 2.38. The molecule has 0 amide bonds. The van der Waals surface area contributed by atoms with E-state index < -0.39 is 12.3 Å². The number of rotatable bonds is 4. The van der Waals surface area contributed by atoms with Crippen LogP contribution in [-0.4, -0.2) is 25.1 Å². The van der Waals surface area contributed by atoms with Gasteiger partial charge in [-0.25, -0.2) is 13.8 Å². The van der Waals surface area contributed by atoms with Crippen LogP contribution in [0.25, 0.3) is 0 Å². The number of hydrogen-bond acceptors (Lipinski definition) is 3. The van der Waals surface area contributed by atoms with Gasteiger partial charge in [0.25, 0.3) is 0 Å². The van der Waals surface area contributed by atoms with Crippen molar-refractivity contribution in [3.8, 4) is 5.88 Å². The fraction of sp³-hybridized carbons (Fsp3) is 0.444. The molecule has 0 radical (unpaired) electrons. The number of hydrogen-bond donors (Lipinski definition) is 1. The van der Waals surface area contributed by atoms with Crippen molar-refractivity contribution >= 4 is 0 Å². The van der Waals surface area contributed by atoms with Crippen LogP contribution in [0.4, 0.5) is 8.78 Å². The Labute approximate surface area is 80.9 Å². The Kier molecular flexibility index (Phi) is 3.76. The summed E-state index contributed by atoms with van der Waals surface area (Å²) in [4.78, 5) is 3.84. The van der Waals surface area contributed by atoms with Crippen molar-refractivity contribution < 1.29 is 13.5 Å². The monoisotopic (exact) mass is 202 g/mol. The molecular weight excluding hydrogens is 190 g/mol. The summed E-state index contributed by atoms with van der Waals surface area (Å²) in [6.45, 7) is -0.0916. The molecule has 1 rings (SSSR count). The smallest absolute Gasteiger partial charge is 0.246 e. The van der Waals surface area contributed by atoms with Crippen LogP contribution in [0.3, 0.4) is 0 Å². The van der Waals surface area contributed by atoms with Crippen molar-refractivity contribution in [3.05, 3.63) is 23.9 Å². The lowest BCUT2D eigenvalue weighted by Crippen LogP contribution is -2.19. The summed E-state index contributed by atoms with van der Waals surface area (Å²) in [5, 5.41) is 0. The number of alkyl halides is 2. The number of halogens is 2. The molecule has 1 heterocycles. The van der Waals surface area contributed by atoms with Crippen LogP contribution in [0.1, 0.15) is 11.5 Å². The molecule has 0 aliphatic carbocycles. The lowest BCUT2D eigenvalue weighted by atomic mass is 10.0. The summed E-state index contributed by atoms with van der Waals surface area (Å²) in [7, 11) is 1.47. The third-order valence-electron chi connectivity index (χ3n) is 1.95. The summed E-state index contributed by atoms with van der Waals surface area (Å²) >= 11 is 0. The molecule has 5 heteroatoms.